The predicted octanol–water partition coefficient (Wildman–Crippen LogP) is 9.21. The van der Waals surface area contributed by atoms with Crippen molar-refractivity contribution in [1.82, 2.24) is 0 Å². The van der Waals surface area contributed by atoms with Crippen LogP contribution in [0.3, 0.4) is 0 Å². The average molecular weight is 545 g/mol. The number of allylic oxidation sites excluding steroid dienone is 2. The highest BCUT2D eigenvalue weighted by Crippen LogP contribution is 2.62. The molecule has 0 spiro atoms. The Balaban J connectivity index is 1.25. The van der Waals surface area contributed by atoms with E-state index in [1.165, 1.54) is 62.5 Å². The predicted molar refractivity (Wildman–Crippen MR) is 161 cm³/mol. The number of ether oxygens (including phenoxy) is 1. The summed E-state index contributed by atoms with van der Waals surface area (Å²) in [7, 11) is 0. The van der Waals surface area contributed by atoms with Gasteiger partial charge >= 0.3 is 5.97 Å². The van der Waals surface area contributed by atoms with Gasteiger partial charge in [0.15, 0.2) is 11.5 Å². The number of fused-ring (bicyclic) bond motifs is 5. The van der Waals surface area contributed by atoms with Crippen LogP contribution in [0.4, 0.5) is 0 Å². The molecule has 0 saturated heterocycles. The molecule has 4 nitrogen and oxygen atoms in total. The zero-order chi connectivity index (χ0) is 28.0. The van der Waals surface area contributed by atoms with Gasteiger partial charge in [0.2, 0.25) is 0 Å². The topological polar surface area (TPSA) is 66.8 Å². The summed E-state index contributed by atoms with van der Waals surface area (Å²) in [5.41, 5.74) is 4.32. The molecule has 2 fully saturated rings. The molecule has 2 aromatic carbocycles. The number of aromatic hydroxyl groups is 1. The Morgan fingerprint density at radius 1 is 1.02 bits per heavy atom. The SMILES string of the molecule is C[C@@]12CCCC1C1C(CC2)c2cc(O)c(OCc3ccccc3)cc2C[C@H]1C=CCCCCCCCCC(=O)O. The Labute approximate surface area is 240 Å². The summed E-state index contributed by atoms with van der Waals surface area (Å²) in [5.74, 6) is 2.71. The van der Waals surface area contributed by atoms with Gasteiger partial charge in [-0.05, 0) is 109 Å². The van der Waals surface area contributed by atoms with Crippen molar-refractivity contribution in [2.45, 2.75) is 109 Å². The van der Waals surface area contributed by atoms with Gasteiger partial charge in [0.1, 0.15) is 6.61 Å². The number of aliphatic carboxylic acids is 1. The Hall–Kier alpha value is -2.75. The van der Waals surface area contributed by atoms with Crippen LogP contribution in [0.5, 0.6) is 11.5 Å². The van der Waals surface area contributed by atoms with Crippen LogP contribution in [0.1, 0.15) is 113 Å². The van der Waals surface area contributed by atoms with Crippen LogP contribution in [0.15, 0.2) is 54.6 Å². The van der Waals surface area contributed by atoms with Gasteiger partial charge in [0.25, 0.3) is 0 Å². The van der Waals surface area contributed by atoms with E-state index in [1.807, 2.05) is 24.3 Å². The molecule has 4 heteroatoms. The fourth-order valence-electron chi connectivity index (χ4n) is 8.25. The molecule has 0 heterocycles. The largest absolute Gasteiger partial charge is 0.504 e. The second kappa shape index (κ2) is 13.3. The van der Waals surface area contributed by atoms with Gasteiger partial charge in [-0.2, -0.15) is 0 Å². The quantitative estimate of drug-likeness (QED) is 0.195. The average Bonchev–Trinajstić information content (AvgIpc) is 3.35. The number of hydrogen-bond donors (Lipinski definition) is 2. The van der Waals surface area contributed by atoms with Gasteiger partial charge in [0, 0.05) is 6.42 Å². The lowest BCUT2D eigenvalue weighted by atomic mass is 9.53. The van der Waals surface area contributed by atoms with Crippen LogP contribution in [-0.2, 0) is 17.8 Å². The summed E-state index contributed by atoms with van der Waals surface area (Å²) in [5, 5.41) is 19.8. The number of unbranched alkanes of at least 4 members (excludes halogenated alkanes) is 6. The molecule has 0 bridgehead atoms. The first-order valence-corrected chi connectivity index (χ1v) is 15.9. The molecule has 5 atom stereocenters. The van der Waals surface area contributed by atoms with Crippen molar-refractivity contribution in [3.8, 4) is 11.5 Å². The van der Waals surface area contributed by atoms with Gasteiger partial charge < -0.3 is 14.9 Å². The van der Waals surface area contributed by atoms with Crippen LogP contribution >= 0.6 is 0 Å². The number of carboxylic acid groups (broad SMARTS) is 1. The maximum Gasteiger partial charge on any atom is 0.303 e. The highest BCUT2D eigenvalue weighted by Gasteiger charge is 2.52. The highest BCUT2D eigenvalue weighted by molar-refractivity contribution is 5.66. The van der Waals surface area contributed by atoms with E-state index in [4.69, 9.17) is 9.84 Å². The molecule has 5 rings (SSSR count). The number of carbonyl (C=O) groups is 1. The Bertz CT molecular complexity index is 1150. The first kappa shape index (κ1) is 28.8. The summed E-state index contributed by atoms with van der Waals surface area (Å²) in [4.78, 5) is 10.7. The fraction of sp³-hybridized carbons (Fsp3) is 0.583. The van der Waals surface area contributed by atoms with Crippen LogP contribution in [-0.4, -0.2) is 16.2 Å². The Kier molecular flexibility index (Phi) is 9.55. The summed E-state index contributed by atoms with van der Waals surface area (Å²) in [6.45, 7) is 3.01. The number of phenolic OH excluding ortho intramolecular Hbond substituents is 1. The molecule has 0 aliphatic heterocycles. The molecule has 3 aliphatic rings. The minimum Gasteiger partial charge on any atom is -0.504 e. The monoisotopic (exact) mass is 544 g/mol. The molecule has 40 heavy (non-hydrogen) atoms. The number of benzene rings is 2. The lowest BCUT2D eigenvalue weighted by molar-refractivity contribution is -0.137. The first-order chi connectivity index (χ1) is 19.4. The van der Waals surface area contributed by atoms with Crippen LogP contribution in [0.25, 0.3) is 0 Å². The van der Waals surface area contributed by atoms with Gasteiger partial charge in [0.05, 0.1) is 0 Å². The molecular weight excluding hydrogens is 496 g/mol. The van der Waals surface area contributed by atoms with Gasteiger partial charge in [-0.15, -0.1) is 0 Å². The fourth-order valence-corrected chi connectivity index (χ4v) is 8.25. The van der Waals surface area contributed by atoms with Crippen molar-refractivity contribution in [2.24, 2.45) is 23.2 Å². The smallest absolute Gasteiger partial charge is 0.303 e. The van der Waals surface area contributed by atoms with E-state index in [-0.39, 0.29) is 5.75 Å². The van der Waals surface area contributed by atoms with E-state index in [0.717, 1.165) is 43.6 Å². The molecule has 216 valence electrons. The second-order valence-electron chi connectivity index (χ2n) is 13.0. The van der Waals surface area contributed by atoms with Gasteiger partial charge in [-0.3, -0.25) is 4.79 Å². The van der Waals surface area contributed by atoms with E-state index >= 15 is 0 Å². The summed E-state index contributed by atoms with van der Waals surface area (Å²) < 4.78 is 6.12. The van der Waals surface area contributed by atoms with E-state index in [0.29, 0.717) is 41.9 Å². The van der Waals surface area contributed by atoms with Crippen LogP contribution in [0, 0.1) is 23.2 Å². The van der Waals surface area contributed by atoms with Crippen molar-refractivity contribution in [3.05, 3.63) is 71.3 Å². The summed E-state index contributed by atoms with van der Waals surface area (Å²) in [6.07, 6.45) is 20.7. The third-order valence-corrected chi connectivity index (χ3v) is 10.3. The third-order valence-electron chi connectivity index (χ3n) is 10.3. The molecule has 3 aliphatic carbocycles. The molecular formula is C36H48O4. The number of hydrogen-bond acceptors (Lipinski definition) is 3. The van der Waals surface area contributed by atoms with E-state index in [9.17, 15) is 9.90 Å². The first-order valence-electron chi connectivity index (χ1n) is 15.9. The molecule has 3 unspecified atom stereocenters. The van der Waals surface area contributed by atoms with E-state index in [2.05, 4.69) is 37.3 Å². The normalized spacial score (nSPS) is 27.2. The minimum absolute atomic E-state index is 0.283. The zero-order valence-electron chi connectivity index (χ0n) is 24.3. The van der Waals surface area contributed by atoms with E-state index < -0.39 is 5.97 Å². The van der Waals surface area contributed by atoms with Crippen molar-refractivity contribution >= 4 is 5.97 Å². The van der Waals surface area contributed by atoms with E-state index in [1.54, 1.807) is 0 Å². The lowest BCUT2D eigenvalue weighted by Gasteiger charge is -2.52. The maximum atomic E-state index is 11.0. The molecule has 0 radical (unpaired) electrons. The third kappa shape index (κ3) is 6.75. The van der Waals surface area contributed by atoms with Crippen molar-refractivity contribution in [1.29, 1.82) is 0 Å². The summed E-state index contributed by atoms with van der Waals surface area (Å²) in [6, 6.07) is 14.3. The molecule has 2 N–H and O–H groups in total. The van der Waals surface area contributed by atoms with Crippen molar-refractivity contribution in [2.75, 3.05) is 0 Å². The van der Waals surface area contributed by atoms with Crippen LogP contribution in [0.2, 0.25) is 0 Å². The summed E-state index contributed by atoms with van der Waals surface area (Å²) >= 11 is 0. The number of carboxylic acids is 1. The molecule has 0 amide bonds. The van der Waals surface area contributed by atoms with Gasteiger partial charge in [-0.1, -0.05) is 81.5 Å². The Morgan fingerprint density at radius 3 is 2.60 bits per heavy atom. The second-order valence-corrected chi connectivity index (χ2v) is 13.0. The van der Waals surface area contributed by atoms with Gasteiger partial charge in [-0.25, -0.2) is 0 Å². The number of rotatable bonds is 13. The maximum absolute atomic E-state index is 11.0. The van der Waals surface area contributed by atoms with Crippen molar-refractivity contribution in [3.63, 3.8) is 0 Å². The zero-order valence-corrected chi connectivity index (χ0v) is 24.3. The standard InChI is InChI=1S/C36H48O4/c1-36-20-13-17-31(36)35-27(16-11-6-4-2-3-5-7-12-18-34(38)39)22-28-23-33(40-25-26-14-9-8-10-15-26)32(37)24-30(28)29(35)19-21-36/h8-11,14-16,23-24,27,29,31,35,37H,2-7,12-13,17-22,25H2,1H3,(H,38,39)/t27-,29?,31?,35?,36+/m1/s1. The molecule has 2 aromatic rings. The lowest BCUT2D eigenvalue weighted by Crippen LogP contribution is -2.43. The van der Waals surface area contributed by atoms with Crippen LogP contribution < -0.4 is 4.74 Å². The number of phenols is 1. The molecule has 0 aromatic heterocycles. The Morgan fingerprint density at radius 2 is 1.80 bits per heavy atom. The molecule has 2 saturated carbocycles. The van der Waals surface area contributed by atoms with Crippen molar-refractivity contribution < 1.29 is 19.7 Å². The highest BCUT2D eigenvalue weighted by atomic mass is 16.5. The minimum atomic E-state index is -0.679.